The molecule has 0 radical (unpaired) electrons. The highest BCUT2D eigenvalue weighted by Crippen LogP contribution is 2.51. The molecule has 30 aromatic rings. The van der Waals surface area contributed by atoms with Gasteiger partial charge in [0.25, 0.3) is 0 Å². The van der Waals surface area contributed by atoms with Gasteiger partial charge in [-0.1, -0.05) is 212 Å². The smallest absolute Gasteiger partial charge is 0.164 e. The molecule has 0 saturated heterocycles. The van der Waals surface area contributed by atoms with Crippen LogP contribution in [0, 0.1) is 0 Å². The van der Waals surface area contributed by atoms with E-state index in [9.17, 15) is 0 Å². The van der Waals surface area contributed by atoms with Crippen molar-refractivity contribution in [3.8, 4) is 124 Å². The zero-order chi connectivity index (χ0) is 87.9. The Labute approximate surface area is 781 Å². The van der Waals surface area contributed by atoms with E-state index in [1.807, 2.05) is 119 Å². The number of hydrogen-bond donors (Lipinski definition) is 0. The molecular formula is C120H62N6O5S4. The van der Waals surface area contributed by atoms with Gasteiger partial charge in [-0.25, -0.2) is 29.9 Å². The number of furan rings is 5. The number of aromatic nitrogens is 6. The number of thiophene rings is 4. The third-order valence-corrected chi connectivity index (χ3v) is 31.8. The molecule has 0 unspecified atom stereocenters. The summed E-state index contributed by atoms with van der Waals surface area (Å²) in [6, 6.07) is 134. The maximum absolute atomic E-state index is 7.18. The van der Waals surface area contributed by atoms with Gasteiger partial charge in [0.1, 0.15) is 55.8 Å². The quantitative estimate of drug-likeness (QED) is 0.122. The Morgan fingerprint density at radius 2 is 0.400 bits per heavy atom. The van der Waals surface area contributed by atoms with Crippen molar-refractivity contribution in [3.63, 3.8) is 0 Å². The van der Waals surface area contributed by atoms with E-state index in [2.05, 4.69) is 291 Å². The highest BCUT2D eigenvalue weighted by molar-refractivity contribution is 7.27. The van der Waals surface area contributed by atoms with E-state index in [1.54, 1.807) is 11.3 Å². The zero-order valence-corrected chi connectivity index (χ0v) is 74.4. The lowest BCUT2D eigenvalue weighted by Crippen LogP contribution is -2.01. The number of benzene rings is 19. The number of hydrogen-bond acceptors (Lipinski definition) is 15. The van der Waals surface area contributed by atoms with Crippen LogP contribution in [-0.4, -0.2) is 29.9 Å². The number of para-hydroxylation sites is 1. The van der Waals surface area contributed by atoms with Gasteiger partial charge in [0.15, 0.2) is 34.9 Å². The lowest BCUT2D eigenvalue weighted by atomic mass is 9.95. The molecule has 0 fully saturated rings. The average molecular weight is 1800 g/mol. The average Bonchev–Trinajstić information content (AvgIpc) is 1.40. The van der Waals surface area contributed by atoms with Crippen LogP contribution in [0.1, 0.15) is 0 Å². The highest BCUT2D eigenvalue weighted by atomic mass is 32.1. The van der Waals surface area contributed by atoms with Crippen molar-refractivity contribution in [3.05, 3.63) is 376 Å². The Balaban J connectivity index is 0.554. The molecule has 0 N–H and O–H groups in total. The van der Waals surface area contributed by atoms with Crippen molar-refractivity contribution < 1.29 is 22.1 Å². The minimum absolute atomic E-state index is 0.489. The molecule has 11 aromatic heterocycles. The number of nitrogens with zero attached hydrogens (tertiary/aromatic N) is 6. The van der Waals surface area contributed by atoms with Gasteiger partial charge in [0.2, 0.25) is 0 Å². The summed E-state index contributed by atoms with van der Waals surface area (Å²) in [7, 11) is 0. The molecule has 135 heavy (non-hydrogen) atoms. The van der Waals surface area contributed by atoms with Gasteiger partial charge in [-0.05, 0) is 219 Å². The Bertz CT molecular complexity index is 10400. The molecule has 0 aliphatic rings. The summed E-state index contributed by atoms with van der Waals surface area (Å²) in [5, 5.41) is 19.1. The van der Waals surface area contributed by atoms with Crippen LogP contribution < -0.4 is 0 Å². The lowest BCUT2D eigenvalue weighted by molar-refractivity contribution is 0.668. The molecule has 19 aromatic carbocycles. The second-order valence-corrected chi connectivity index (χ2v) is 39.2. The van der Waals surface area contributed by atoms with Crippen LogP contribution in [0.4, 0.5) is 0 Å². The normalized spacial score (nSPS) is 12.3. The standard InChI is InChI=1S/C120H62N6O5S4/c1-2-16-63(17-3-1)115-121-116(80-23-13-28-98-111(80)87-56-64(35-44-93(87)128-98)68-39-48-105-83(52-68)74-18-5-9-31-102(74)132-105)126-120(122-115)91-60-73(61-101-114(91)90-59-67(38-47-96(90)131-101)70-41-50-107-85(54-70)76-20-7-11-33-104(76)134-107)72-34-43-77-86-55-71(42-51-108(86)135-109(77)62-72)66-37-46-95-89(58-66)113-82(25-15-30-100(113)130-95)119-124-117(79-22-12-27-97-110(79)78-21-4-8-26-92(78)127-97)123-118(125-119)81-24-14-29-99-112(81)88-57-65(36-45-94(88)129-99)69-40-49-106-84(53-69)75-19-6-10-32-103(75)133-106/h1-62H. The van der Waals surface area contributed by atoms with Gasteiger partial charge in [-0.2, -0.15) is 0 Å². The maximum Gasteiger partial charge on any atom is 0.164 e. The third kappa shape index (κ3) is 11.7. The van der Waals surface area contributed by atoms with E-state index in [1.165, 1.54) is 65.2 Å². The summed E-state index contributed by atoms with van der Waals surface area (Å²) in [5.41, 5.74) is 23.0. The Kier molecular flexibility index (Phi) is 16.0. The minimum atomic E-state index is 0.489. The van der Waals surface area contributed by atoms with Gasteiger partial charge in [-0.15, -0.1) is 45.3 Å². The van der Waals surface area contributed by atoms with Crippen molar-refractivity contribution in [2.24, 2.45) is 0 Å². The molecule has 0 aliphatic heterocycles. The molecule has 0 aliphatic carbocycles. The topological polar surface area (TPSA) is 143 Å². The predicted octanol–water partition coefficient (Wildman–Crippen LogP) is 35.4. The van der Waals surface area contributed by atoms with Crippen molar-refractivity contribution in [1.82, 2.24) is 29.9 Å². The second kappa shape index (κ2) is 28.8. The van der Waals surface area contributed by atoms with E-state index < -0.39 is 0 Å². The fourth-order valence-corrected chi connectivity index (χ4v) is 25.3. The molecule has 11 heterocycles. The summed E-state index contributed by atoms with van der Waals surface area (Å²) in [4.78, 5) is 33.4. The second-order valence-electron chi connectivity index (χ2n) is 34.9. The van der Waals surface area contributed by atoms with E-state index in [0.717, 1.165) is 203 Å². The molecule has 15 heteroatoms. The molecular weight excluding hydrogens is 1730 g/mol. The summed E-state index contributed by atoms with van der Waals surface area (Å²) < 4.78 is 44.1. The summed E-state index contributed by atoms with van der Waals surface area (Å²) in [5.74, 6) is 3.04. The summed E-state index contributed by atoms with van der Waals surface area (Å²) in [6.45, 7) is 0. The zero-order valence-electron chi connectivity index (χ0n) is 71.2. The first-order valence-corrected chi connectivity index (χ1v) is 48.1. The van der Waals surface area contributed by atoms with Crippen LogP contribution in [0.25, 0.3) is 314 Å². The van der Waals surface area contributed by atoms with E-state index >= 15 is 0 Å². The molecule has 0 atom stereocenters. The minimum Gasteiger partial charge on any atom is -0.456 e. The van der Waals surface area contributed by atoms with Crippen LogP contribution in [0.2, 0.25) is 0 Å². The molecule has 11 nitrogen and oxygen atoms in total. The largest absolute Gasteiger partial charge is 0.456 e. The first-order chi connectivity index (χ1) is 66.8. The summed E-state index contributed by atoms with van der Waals surface area (Å²) in [6.07, 6.45) is 0. The SMILES string of the molecule is c1ccc(-c2nc(-c3cccc4oc5ccc(-c6ccc7sc8ccccc8c7c6)cc5c34)nc(-c3cc(-c4ccc5c(c4)sc4ccc(-c6ccc7oc8cccc(-c9nc(-c%10cccc%11oc%12ccccc%12c%10%11)nc(-c%10cccc%11oc%12ccc(-c%13ccc%14sc%15ccccc%15c%14c%13)cc%12c%10%11)n9)c8c7c6)cc45)cc4oc5ccc(-c6ccc7sc8ccccc8c7c6)cc5c34)n2)cc1. The van der Waals surface area contributed by atoms with Gasteiger partial charge in [0, 0.05) is 168 Å². The van der Waals surface area contributed by atoms with Crippen LogP contribution in [0.3, 0.4) is 0 Å². The summed E-state index contributed by atoms with van der Waals surface area (Å²) >= 11 is 7.26. The van der Waals surface area contributed by atoms with Gasteiger partial charge < -0.3 is 22.1 Å². The Hall–Kier alpha value is -16.9. The molecule has 0 amide bonds. The van der Waals surface area contributed by atoms with Crippen molar-refractivity contribution in [2.75, 3.05) is 0 Å². The van der Waals surface area contributed by atoms with Gasteiger partial charge >= 0.3 is 0 Å². The van der Waals surface area contributed by atoms with Crippen molar-refractivity contribution >= 4 is 236 Å². The highest BCUT2D eigenvalue weighted by Gasteiger charge is 2.28. The van der Waals surface area contributed by atoms with E-state index in [0.29, 0.717) is 46.1 Å². The van der Waals surface area contributed by atoms with Crippen LogP contribution in [0.5, 0.6) is 0 Å². The van der Waals surface area contributed by atoms with Crippen LogP contribution in [0.15, 0.2) is 398 Å². The third-order valence-electron chi connectivity index (χ3n) is 27.2. The van der Waals surface area contributed by atoms with E-state index in [-0.39, 0.29) is 0 Å². The molecule has 0 spiro atoms. The fourth-order valence-electron chi connectivity index (χ4n) is 20.9. The van der Waals surface area contributed by atoms with Crippen molar-refractivity contribution in [2.45, 2.75) is 0 Å². The fraction of sp³-hybridized carbons (Fsp3) is 0. The van der Waals surface area contributed by atoms with E-state index in [4.69, 9.17) is 52.0 Å². The Morgan fingerprint density at radius 1 is 0.133 bits per heavy atom. The molecule has 0 bridgehead atoms. The molecule has 30 rings (SSSR count). The maximum atomic E-state index is 7.18. The first kappa shape index (κ1) is 74.8. The monoisotopic (exact) mass is 1790 g/mol. The number of fused-ring (bicyclic) bond motifs is 27. The van der Waals surface area contributed by atoms with Crippen LogP contribution in [-0.2, 0) is 0 Å². The molecule has 626 valence electrons. The predicted molar refractivity (Wildman–Crippen MR) is 561 cm³/mol. The first-order valence-electron chi connectivity index (χ1n) is 44.9. The molecule has 0 saturated carbocycles. The Morgan fingerprint density at radius 3 is 0.800 bits per heavy atom. The van der Waals surface area contributed by atoms with Crippen LogP contribution >= 0.6 is 45.3 Å². The number of rotatable bonds is 11. The van der Waals surface area contributed by atoms with Gasteiger partial charge in [-0.3, -0.25) is 0 Å². The van der Waals surface area contributed by atoms with Crippen molar-refractivity contribution in [1.29, 1.82) is 0 Å². The van der Waals surface area contributed by atoms with Gasteiger partial charge in [0.05, 0.1) is 0 Å². The lowest BCUT2D eigenvalue weighted by Gasteiger charge is -2.12.